The molecule has 11 heavy (non-hydrogen) atoms. The molecule has 2 nitrogen and oxygen atoms in total. The van der Waals surface area contributed by atoms with Gasteiger partial charge in [-0.25, -0.2) is 4.21 Å². The number of hydrogen-bond acceptors (Lipinski definition) is 2. The molecule has 0 amide bonds. The molecule has 0 aromatic heterocycles. The lowest BCUT2D eigenvalue weighted by molar-refractivity contribution is 0.375. The fourth-order valence-corrected chi connectivity index (χ4v) is 1.27. The standard InChI is InChI=1S/C8H14O2S/c1-5-10-11(9)8(4)6-7(2)3/h5H2,1-4H3. The number of hydrogen-bond donors (Lipinski definition) is 0. The molecule has 0 aliphatic heterocycles. The monoisotopic (exact) mass is 174 g/mol. The van der Waals surface area contributed by atoms with Crippen LogP contribution >= 0.6 is 0 Å². The van der Waals surface area contributed by atoms with E-state index in [2.05, 4.69) is 5.73 Å². The number of allylic oxidation sites excluding steroid dienone is 1. The second-order valence-corrected chi connectivity index (χ2v) is 3.64. The molecule has 0 fully saturated rings. The average molecular weight is 174 g/mol. The molecule has 0 rings (SSSR count). The Morgan fingerprint density at radius 1 is 1.45 bits per heavy atom. The van der Waals surface area contributed by atoms with Crippen LogP contribution < -0.4 is 0 Å². The molecule has 0 saturated carbocycles. The maximum Gasteiger partial charge on any atom is 0.192 e. The zero-order valence-electron chi connectivity index (χ0n) is 7.43. The van der Waals surface area contributed by atoms with Crippen LogP contribution in [0.25, 0.3) is 0 Å². The van der Waals surface area contributed by atoms with Gasteiger partial charge in [0.2, 0.25) is 0 Å². The van der Waals surface area contributed by atoms with E-state index in [9.17, 15) is 4.21 Å². The highest BCUT2D eigenvalue weighted by atomic mass is 32.2. The molecule has 64 valence electrons. The summed E-state index contributed by atoms with van der Waals surface area (Å²) in [6, 6.07) is 0. The van der Waals surface area contributed by atoms with E-state index in [1.165, 1.54) is 0 Å². The molecule has 0 radical (unpaired) electrons. The van der Waals surface area contributed by atoms with Gasteiger partial charge in [-0.1, -0.05) is 0 Å². The molecular formula is C8H14O2S. The molecule has 0 heterocycles. The van der Waals surface area contributed by atoms with Crippen molar-refractivity contribution in [2.75, 3.05) is 6.61 Å². The van der Waals surface area contributed by atoms with E-state index < -0.39 is 11.1 Å². The molecule has 0 aromatic carbocycles. The third-order valence-electron chi connectivity index (χ3n) is 0.901. The van der Waals surface area contributed by atoms with Crippen molar-refractivity contribution in [3.8, 4) is 0 Å². The summed E-state index contributed by atoms with van der Waals surface area (Å²) in [6.45, 7) is 7.85. The topological polar surface area (TPSA) is 26.3 Å². The molecular weight excluding hydrogens is 160 g/mol. The molecule has 0 aliphatic rings. The summed E-state index contributed by atoms with van der Waals surface area (Å²) in [4.78, 5) is 0.645. The van der Waals surface area contributed by atoms with Crippen LogP contribution in [0, 0.1) is 0 Å². The second kappa shape index (κ2) is 5.30. The van der Waals surface area contributed by atoms with Crippen molar-refractivity contribution in [2.24, 2.45) is 0 Å². The van der Waals surface area contributed by atoms with Gasteiger partial charge >= 0.3 is 0 Å². The highest BCUT2D eigenvalue weighted by molar-refractivity contribution is 7.84. The maximum absolute atomic E-state index is 11.1. The summed E-state index contributed by atoms with van der Waals surface area (Å²) in [5, 5.41) is 0. The third-order valence-corrected chi connectivity index (χ3v) is 1.95. The first kappa shape index (κ1) is 10.6. The van der Waals surface area contributed by atoms with E-state index in [-0.39, 0.29) is 0 Å². The van der Waals surface area contributed by atoms with Crippen molar-refractivity contribution < 1.29 is 8.39 Å². The lowest BCUT2D eigenvalue weighted by Crippen LogP contribution is -1.96. The molecule has 0 aliphatic carbocycles. The largest absolute Gasteiger partial charge is 0.287 e. The van der Waals surface area contributed by atoms with Crippen LogP contribution in [0.3, 0.4) is 0 Å². The van der Waals surface area contributed by atoms with Crippen LogP contribution in [-0.2, 0) is 15.3 Å². The van der Waals surface area contributed by atoms with Gasteiger partial charge in [0.15, 0.2) is 11.1 Å². The fourth-order valence-electron chi connectivity index (χ4n) is 0.589. The minimum Gasteiger partial charge on any atom is -0.287 e. The van der Waals surface area contributed by atoms with Gasteiger partial charge in [-0.2, -0.15) is 0 Å². The zero-order chi connectivity index (χ0) is 8.85. The van der Waals surface area contributed by atoms with E-state index >= 15 is 0 Å². The molecule has 0 saturated heterocycles. The maximum atomic E-state index is 11.1. The molecule has 0 N–H and O–H groups in total. The summed E-state index contributed by atoms with van der Waals surface area (Å²) in [5.41, 5.74) is 3.95. The second-order valence-electron chi connectivity index (χ2n) is 2.32. The quantitative estimate of drug-likeness (QED) is 0.613. The minimum absolute atomic E-state index is 0.467. The van der Waals surface area contributed by atoms with Gasteiger partial charge in [-0.3, -0.25) is 4.18 Å². The molecule has 0 aromatic rings. The Bertz CT molecular complexity index is 208. The van der Waals surface area contributed by atoms with Gasteiger partial charge in [0.1, 0.15) is 0 Å². The normalized spacial score (nSPS) is 12.0. The van der Waals surface area contributed by atoms with Crippen molar-refractivity contribution in [3.63, 3.8) is 0 Å². The minimum atomic E-state index is -1.30. The predicted octanol–water partition coefficient (Wildman–Crippen LogP) is 2.16. The van der Waals surface area contributed by atoms with Crippen molar-refractivity contribution in [3.05, 3.63) is 16.2 Å². The van der Waals surface area contributed by atoms with Gasteiger partial charge in [0.25, 0.3) is 0 Å². The van der Waals surface area contributed by atoms with Crippen molar-refractivity contribution in [1.82, 2.24) is 0 Å². The van der Waals surface area contributed by atoms with Crippen LogP contribution in [0.15, 0.2) is 16.2 Å². The third kappa shape index (κ3) is 4.96. The van der Waals surface area contributed by atoms with Crippen LogP contribution in [0.2, 0.25) is 0 Å². The highest BCUT2D eigenvalue weighted by Crippen LogP contribution is 2.01. The van der Waals surface area contributed by atoms with Crippen LogP contribution in [0.1, 0.15) is 27.7 Å². The first-order valence-electron chi connectivity index (χ1n) is 3.53. The van der Waals surface area contributed by atoms with E-state index in [1.807, 2.05) is 20.8 Å². The Morgan fingerprint density at radius 3 is 2.36 bits per heavy atom. The Labute approximate surface area is 70.6 Å². The van der Waals surface area contributed by atoms with E-state index in [0.29, 0.717) is 11.5 Å². The van der Waals surface area contributed by atoms with Crippen molar-refractivity contribution >= 4 is 11.1 Å². The first-order chi connectivity index (χ1) is 5.07. The smallest absolute Gasteiger partial charge is 0.192 e. The Morgan fingerprint density at radius 2 is 2.00 bits per heavy atom. The summed E-state index contributed by atoms with van der Waals surface area (Å²) in [5.74, 6) is 0. The molecule has 1 unspecified atom stereocenters. The van der Waals surface area contributed by atoms with Gasteiger partial charge in [-0.05, 0) is 33.3 Å². The molecule has 3 heteroatoms. The molecule has 0 bridgehead atoms. The predicted molar refractivity (Wildman–Crippen MR) is 47.3 cm³/mol. The molecule has 1 atom stereocenters. The SMILES string of the molecule is CCOS(=O)C(C)=C=C(C)C. The Kier molecular flexibility index (Phi) is 5.12. The van der Waals surface area contributed by atoms with E-state index in [4.69, 9.17) is 4.18 Å². The fraction of sp³-hybridized carbons (Fsp3) is 0.625. The van der Waals surface area contributed by atoms with Gasteiger partial charge in [-0.15, -0.1) is 5.73 Å². The van der Waals surface area contributed by atoms with Crippen LogP contribution in [0.4, 0.5) is 0 Å². The van der Waals surface area contributed by atoms with Crippen LogP contribution in [0.5, 0.6) is 0 Å². The van der Waals surface area contributed by atoms with Gasteiger partial charge < -0.3 is 0 Å². The van der Waals surface area contributed by atoms with Crippen molar-refractivity contribution in [2.45, 2.75) is 27.7 Å². The summed E-state index contributed by atoms with van der Waals surface area (Å²) in [6.07, 6.45) is 0. The Balaban J connectivity index is 4.37. The lowest BCUT2D eigenvalue weighted by Gasteiger charge is -1.96. The van der Waals surface area contributed by atoms with Crippen LogP contribution in [-0.4, -0.2) is 10.8 Å². The van der Waals surface area contributed by atoms with Gasteiger partial charge in [0.05, 0.1) is 11.5 Å². The number of rotatable bonds is 3. The Hall–Kier alpha value is -0.370. The van der Waals surface area contributed by atoms with Gasteiger partial charge in [0, 0.05) is 0 Å². The highest BCUT2D eigenvalue weighted by Gasteiger charge is 1.98. The van der Waals surface area contributed by atoms with E-state index in [1.54, 1.807) is 6.92 Å². The zero-order valence-corrected chi connectivity index (χ0v) is 8.25. The lowest BCUT2D eigenvalue weighted by atomic mass is 10.4. The molecule has 0 spiro atoms. The first-order valence-corrected chi connectivity index (χ1v) is 4.61. The summed E-state index contributed by atoms with van der Waals surface area (Å²) in [7, 11) is 0. The van der Waals surface area contributed by atoms with E-state index in [0.717, 1.165) is 5.57 Å². The summed E-state index contributed by atoms with van der Waals surface area (Å²) < 4.78 is 15.9. The van der Waals surface area contributed by atoms with Crippen molar-refractivity contribution in [1.29, 1.82) is 0 Å². The summed E-state index contributed by atoms with van der Waals surface area (Å²) >= 11 is -1.30. The average Bonchev–Trinajstić information content (AvgIpc) is 1.86.